The van der Waals surface area contributed by atoms with Crippen molar-refractivity contribution in [2.75, 3.05) is 20.3 Å². The molecular formula is C17H30N2O11. The van der Waals surface area contributed by atoms with Crippen LogP contribution in [-0.2, 0) is 28.5 Å². The molecule has 2 aliphatic heterocycles. The number of carbonyl (C=O) groups is 2. The van der Waals surface area contributed by atoms with Gasteiger partial charge in [0.1, 0.15) is 48.7 Å². The number of nitrogens with one attached hydrogen (secondary N) is 2. The quantitative estimate of drug-likeness (QED) is 0.202. The monoisotopic (exact) mass is 438 g/mol. The summed E-state index contributed by atoms with van der Waals surface area (Å²) in [5.74, 6) is -1.06. The van der Waals surface area contributed by atoms with Gasteiger partial charge in [0, 0.05) is 21.0 Å². The molecule has 174 valence electrons. The first-order chi connectivity index (χ1) is 14.1. The lowest BCUT2D eigenvalue weighted by atomic mass is 9.94. The number of hydrogen-bond donors (Lipinski definition) is 7. The summed E-state index contributed by atoms with van der Waals surface area (Å²) in [7, 11) is 1.30. The summed E-state index contributed by atoms with van der Waals surface area (Å²) in [5.41, 5.74) is 0. The lowest BCUT2D eigenvalue weighted by Crippen LogP contribution is -2.69. The van der Waals surface area contributed by atoms with Gasteiger partial charge in [-0.2, -0.15) is 0 Å². The fourth-order valence-electron chi connectivity index (χ4n) is 3.66. The summed E-state index contributed by atoms with van der Waals surface area (Å²) in [6.07, 6.45) is -10.4. The van der Waals surface area contributed by atoms with Gasteiger partial charge in [0.2, 0.25) is 11.8 Å². The van der Waals surface area contributed by atoms with Crippen LogP contribution in [0.2, 0.25) is 0 Å². The minimum absolute atomic E-state index is 0.515. The van der Waals surface area contributed by atoms with E-state index in [4.69, 9.17) is 18.9 Å². The predicted molar refractivity (Wildman–Crippen MR) is 96.6 cm³/mol. The maximum atomic E-state index is 11.6. The fraction of sp³-hybridized carbons (Fsp3) is 0.882. The van der Waals surface area contributed by atoms with Crippen molar-refractivity contribution in [3.63, 3.8) is 0 Å². The zero-order valence-corrected chi connectivity index (χ0v) is 16.9. The lowest BCUT2D eigenvalue weighted by molar-refractivity contribution is -0.329. The maximum absolute atomic E-state index is 11.6. The molecule has 0 aromatic heterocycles. The van der Waals surface area contributed by atoms with Crippen LogP contribution in [0.3, 0.4) is 0 Å². The van der Waals surface area contributed by atoms with Gasteiger partial charge < -0.3 is 55.1 Å². The number of ether oxygens (including phenoxy) is 4. The molecule has 0 spiro atoms. The summed E-state index contributed by atoms with van der Waals surface area (Å²) in [6.45, 7) is 1.19. The van der Waals surface area contributed by atoms with Crippen LogP contribution in [0.15, 0.2) is 0 Å². The van der Waals surface area contributed by atoms with Gasteiger partial charge in [-0.1, -0.05) is 0 Å². The van der Waals surface area contributed by atoms with Crippen molar-refractivity contribution < 1.29 is 54.1 Å². The van der Waals surface area contributed by atoms with Crippen LogP contribution in [0.5, 0.6) is 0 Å². The van der Waals surface area contributed by atoms with Crippen LogP contribution >= 0.6 is 0 Å². The molecule has 2 aliphatic rings. The van der Waals surface area contributed by atoms with Crippen LogP contribution in [0.25, 0.3) is 0 Å². The van der Waals surface area contributed by atoms with E-state index in [0.717, 1.165) is 0 Å². The van der Waals surface area contributed by atoms with E-state index in [9.17, 15) is 35.1 Å². The Hall–Kier alpha value is -1.42. The van der Waals surface area contributed by atoms with E-state index < -0.39 is 86.3 Å². The summed E-state index contributed by atoms with van der Waals surface area (Å²) in [6, 6.07) is -2.43. The zero-order valence-electron chi connectivity index (χ0n) is 16.9. The van der Waals surface area contributed by atoms with Gasteiger partial charge in [-0.3, -0.25) is 9.59 Å². The molecule has 0 bridgehead atoms. The normalized spacial score (nSPS) is 41.9. The Bertz CT molecular complexity index is 594. The number of hydrogen-bond acceptors (Lipinski definition) is 11. The summed E-state index contributed by atoms with van der Waals surface area (Å²) >= 11 is 0. The molecule has 2 heterocycles. The van der Waals surface area contributed by atoms with Crippen molar-refractivity contribution in [2.45, 2.75) is 75.1 Å². The first-order valence-corrected chi connectivity index (χ1v) is 9.43. The SMILES string of the molecule is CO[C@H]1C(CO)OC(OC2C(CO)OC(O)C(NC(C)=O)C2O)C(NC(C)=O)[C@H]1O. The average molecular weight is 438 g/mol. The highest BCUT2D eigenvalue weighted by molar-refractivity contribution is 5.73. The average Bonchev–Trinajstić information content (AvgIpc) is 2.68. The maximum Gasteiger partial charge on any atom is 0.217 e. The topological polar surface area (TPSA) is 196 Å². The molecule has 0 aliphatic carbocycles. The molecule has 0 saturated carbocycles. The molecular weight excluding hydrogens is 408 g/mol. The van der Waals surface area contributed by atoms with Gasteiger partial charge in [0.25, 0.3) is 0 Å². The standard InChI is InChI=1S/C17H30N2O11/c1-6(22)18-10-12(24)15(9(5-21)28-16(10)26)30-17-11(19-7(2)23)13(25)14(27-3)8(4-20)29-17/h8-17,20-21,24-26H,4-5H2,1-3H3,(H,18,22)(H,19,23)/t8?,9?,10?,11?,12?,13-,14+,15?,16?,17?/m1/s1. The summed E-state index contributed by atoms with van der Waals surface area (Å²) in [5, 5.41) is 55.3. The smallest absolute Gasteiger partial charge is 0.217 e. The molecule has 8 unspecified atom stereocenters. The van der Waals surface area contributed by atoms with Gasteiger partial charge in [0.05, 0.1) is 13.2 Å². The molecule has 13 heteroatoms. The molecule has 2 fully saturated rings. The van der Waals surface area contributed by atoms with Crippen LogP contribution in [0.1, 0.15) is 13.8 Å². The third kappa shape index (κ3) is 5.43. The van der Waals surface area contributed by atoms with Crippen LogP contribution < -0.4 is 10.6 Å². The fourth-order valence-corrected chi connectivity index (χ4v) is 3.66. The Balaban J connectivity index is 2.28. The number of amides is 2. The van der Waals surface area contributed by atoms with E-state index >= 15 is 0 Å². The number of aliphatic hydroxyl groups excluding tert-OH is 5. The van der Waals surface area contributed by atoms with Crippen LogP contribution in [-0.4, -0.2) is 119 Å². The largest absolute Gasteiger partial charge is 0.394 e. The van der Waals surface area contributed by atoms with E-state index in [1.54, 1.807) is 0 Å². The molecule has 2 saturated heterocycles. The van der Waals surface area contributed by atoms with Crippen LogP contribution in [0.4, 0.5) is 0 Å². The highest BCUT2D eigenvalue weighted by Crippen LogP contribution is 2.29. The molecule has 2 amide bonds. The minimum atomic E-state index is -1.62. The zero-order chi connectivity index (χ0) is 22.6. The van der Waals surface area contributed by atoms with E-state index in [2.05, 4.69) is 10.6 Å². The number of aliphatic hydroxyl groups is 5. The van der Waals surface area contributed by atoms with Gasteiger partial charge in [-0.25, -0.2) is 0 Å². The molecule has 30 heavy (non-hydrogen) atoms. The third-order valence-electron chi connectivity index (χ3n) is 5.03. The van der Waals surface area contributed by atoms with Crippen molar-refractivity contribution in [1.82, 2.24) is 10.6 Å². The molecule has 13 nitrogen and oxygen atoms in total. The first-order valence-electron chi connectivity index (χ1n) is 9.43. The number of methoxy groups -OCH3 is 1. The minimum Gasteiger partial charge on any atom is -0.394 e. The van der Waals surface area contributed by atoms with Crippen molar-refractivity contribution in [3.05, 3.63) is 0 Å². The molecule has 0 aromatic carbocycles. The molecule has 0 radical (unpaired) electrons. The van der Waals surface area contributed by atoms with Gasteiger partial charge in [-0.15, -0.1) is 0 Å². The van der Waals surface area contributed by atoms with E-state index in [1.807, 2.05) is 0 Å². The van der Waals surface area contributed by atoms with Gasteiger partial charge >= 0.3 is 0 Å². The Labute approximate surface area is 172 Å². The second kappa shape index (κ2) is 10.7. The summed E-state index contributed by atoms with van der Waals surface area (Å²) < 4.78 is 21.8. The number of carbonyl (C=O) groups excluding carboxylic acids is 2. The number of rotatable bonds is 7. The van der Waals surface area contributed by atoms with E-state index in [-0.39, 0.29) is 0 Å². The van der Waals surface area contributed by atoms with Crippen molar-refractivity contribution in [1.29, 1.82) is 0 Å². The molecule has 0 aromatic rings. The summed E-state index contributed by atoms with van der Waals surface area (Å²) in [4.78, 5) is 23.0. The Kier molecular flexibility index (Phi) is 8.90. The Morgan fingerprint density at radius 1 is 0.867 bits per heavy atom. The van der Waals surface area contributed by atoms with E-state index in [0.29, 0.717) is 0 Å². The van der Waals surface area contributed by atoms with Crippen LogP contribution in [0, 0.1) is 0 Å². The van der Waals surface area contributed by atoms with Crippen molar-refractivity contribution in [3.8, 4) is 0 Å². The highest BCUT2D eigenvalue weighted by atomic mass is 16.7. The Morgan fingerprint density at radius 3 is 1.87 bits per heavy atom. The van der Waals surface area contributed by atoms with Gasteiger partial charge in [0.15, 0.2) is 12.6 Å². The predicted octanol–water partition coefficient (Wildman–Crippen LogP) is -4.46. The molecule has 2 rings (SSSR count). The third-order valence-corrected chi connectivity index (χ3v) is 5.03. The molecule has 7 N–H and O–H groups in total. The molecule has 10 atom stereocenters. The van der Waals surface area contributed by atoms with Crippen molar-refractivity contribution in [2.24, 2.45) is 0 Å². The highest BCUT2D eigenvalue weighted by Gasteiger charge is 2.51. The van der Waals surface area contributed by atoms with E-state index in [1.165, 1.54) is 21.0 Å². The second-order valence-electron chi connectivity index (χ2n) is 7.21. The first kappa shape index (κ1) is 24.8. The lowest BCUT2D eigenvalue weighted by Gasteiger charge is -2.47. The second-order valence-corrected chi connectivity index (χ2v) is 7.21. The van der Waals surface area contributed by atoms with Gasteiger partial charge in [-0.05, 0) is 0 Å². The van der Waals surface area contributed by atoms with Crippen molar-refractivity contribution >= 4 is 11.8 Å². The Morgan fingerprint density at radius 2 is 1.37 bits per heavy atom.